The van der Waals surface area contributed by atoms with Gasteiger partial charge in [-0.25, -0.2) is 0 Å². The van der Waals surface area contributed by atoms with Gasteiger partial charge >= 0.3 is 0 Å². The molecule has 1 fully saturated rings. The molecule has 0 bridgehead atoms. The summed E-state index contributed by atoms with van der Waals surface area (Å²) in [4.78, 5) is 32.4. The molecule has 2 aliphatic rings. The molecule has 4 aromatic rings. The van der Waals surface area contributed by atoms with E-state index in [0.29, 0.717) is 23.8 Å². The number of halogens is 1. The van der Waals surface area contributed by atoms with E-state index < -0.39 is 0 Å². The lowest BCUT2D eigenvalue weighted by atomic mass is 10.0. The minimum Gasteiger partial charge on any atom is -0.361 e. The number of benzene rings is 3. The zero-order valence-electron chi connectivity index (χ0n) is 19.3. The van der Waals surface area contributed by atoms with E-state index in [9.17, 15) is 9.59 Å². The molecule has 6 rings (SSSR count). The minimum atomic E-state index is -0.147. The van der Waals surface area contributed by atoms with Gasteiger partial charge in [0, 0.05) is 55.8 Å². The number of anilines is 1. The third-order valence-electron chi connectivity index (χ3n) is 7.06. The number of H-pyrrole nitrogens is 1. The predicted octanol–water partition coefficient (Wildman–Crippen LogP) is 5.31. The minimum absolute atomic E-state index is 0.0681. The van der Waals surface area contributed by atoms with Crippen LogP contribution in [-0.2, 0) is 4.79 Å². The largest absolute Gasteiger partial charge is 0.361 e. The molecule has 3 aromatic carbocycles. The second-order valence-corrected chi connectivity index (χ2v) is 9.61. The summed E-state index contributed by atoms with van der Waals surface area (Å²) in [7, 11) is 0. The van der Waals surface area contributed by atoms with Gasteiger partial charge < -0.3 is 15.2 Å². The maximum absolute atomic E-state index is 13.2. The first-order valence-corrected chi connectivity index (χ1v) is 12.2. The predicted molar refractivity (Wildman–Crippen MR) is 139 cm³/mol. The summed E-state index contributed by atoms with van der Waals surface area (Å²) >= 11 is 6.58. The summed E-state index contributed by atoms with van der Waals surface area (Å²) in [6.45, 7) is 4.34. The summed E-state index contributed by atoms with van der Waals surface area (Å²) in [5, 5.41) is 4.42. The molecule has 35 heavy (non-hydrogen) atoms. The van der Waals surface area contributed by atoms with Crippen molar-refractivity contribution in [1.82, 2.24) is 14.8 Å². The van der Waals surface area contributed by atoms with Crippen LogP contribution in [0.5, 0.6) is 0 Å². The van der Waals surface area contributed by atoms with Crippen molar-refractivity contribution >= 4 is 40.0 Å². The van der Waals surface area contributed by atoms with Crippen molar-refractivity contribution in [3.63, 3.8) is 0 Å². The monoisotopic (exact) mass is 484 g/mol. The molecule has 0 saturated carbocycles. The van der Waals surface area contributed by atoms with Crippen molar-refractivity contribution in [2.75, 3.05) is 31.5 Å². The first-order valence-electron chi connectivity index (χ1n) is 11.8. The first-order chi connectivity index (χ1) is 17.0. The molecule has 176 valence electrons. The summed E-state index contributed by atoms with van der Waals surface area (Å²) in [6, 6.07) is 20.2. The van der Waals surface area contributed by atoms with Crippen LogP contribution in [0.15, 0.2) is 66.9 Å². The number of rotatable bonds is 3. The van der Waals surface area contributed by atoms with Gasteiger partial charge in [0.25, 0.3) is 5.91 Å². The molecule has 1 aliphatic carbocycles. The molecule has 0 radical (unpaired) electrons. The van der Waals surface area contributed by atoms with Crippen molar-refractivity contribution < 1.29 is 9.59 Å². The van der Waals surface area contributed by atoms with Crippen molar-refractivity contribution in [3.05, 3.63) is 88.6 Å². The van der Waals surface area contributed by atoms with Crippen LogP contribution >= 0.6 is 11.6 Å². The lowest BCUT2D eigenvalue weighted by molar-refractivity contribution is -0.114. The Morgan fingerprint density at radius 2 is 1.74 bits per heavy atom. The smallest absolute Gasteiger partial charge is 0.253 e. The number of hydrogen-bond acceptors (Lipinski definition) is 3. The second-order valence-electron chi connectivity index (χ2n) is 9.20. The standard InChI is InChI=1S/C28H25ClN4O2/c1-17(34)31-26-16-22-20-4-2-3-5-21(20)27(23(22)15-24(26)29)32-10-12-33(13-11-32)28(35)19-6-7-25-18(14-19)8-9-30-25/h2-9,14-16,27,30H,10-13H2,1H3,(H,31,34). The van der Waals surface area contributed by atoms with Gasteiger partial charge in [-0.2, -0.15) is 0 Å². The second kappa shape index (κ2) is 8.56. The van der Waals surface area contributed by atoms with E-state index in [0.717, 1.165) is 46.2 Å². The third-order valence-corrected chi connectivity index (χ3v) is 7.37. The Morgan fingerprint density at radius 3 is 2.54 bits per heavy atom. The topological polar surface area (TPSA) is 68.4 Å². The van der Waals surface area contributed by atoms with Gasteiger partial charge in [0.2, 0.25) is 5.91 Å². The average molecular weight is 485 g/mol. The molecular formula is C28H25ClN4O2. The van der Waals surface area contributed by atoms with Crippen molar-refractivity contribution in [2.24, 2.45) is 0 Å². The van der Waals surface area contributed by atoms with E-state index in [-0.39, 0.29) is 17.9 Å². The van der Waals surface area contributed by atoms with E-state index in [1.54, 1.807) is 0 Å². The fourth-order valence-electron chi connectivity index (χ4n) is 5.43. The highest BCUT2D eigenvalue weighted by molar-refractivity contribution is 6.34. The zero-order chi connectivity index (χ0) is 24.1. The van der Waals surface area contributed by atoms with E-state index in [2.05, 4.69) is 33.4 Å². The molecule has 2 amide bonds. The van der Waals surface area contributed by atoms with E-state index in [4.69, 9.17) is 11.6 Å². The molecule has 7 heteroatoms. The molecular weight excluding hydrogens is 460 g/mol. The van der Waals surface area contributed by atoms with Gasteiger partial charge in [-0.1, -0.05) is 35.9 Å². The number of amides is 2. The van der Waals surface area contributed by atoms with E-state index >= 15 is 0 Å². The number of fused-ring (bicyclic) bond motifs is 4. The lowest BCUT2D eigenvalue weighted by Crippen LogP contribution is -2.49. The maximum atomic E-state index is 13.2. The molecule has 1 atom stereocenters. The number of aromatic nitrogens is 1. The van der Waals surface area contributed by atoms with Gasteiger partial charge in [0.05, 0.1) is 16.8 Å². The Hall–Kier alpha value is -3.61. The number of carbonyl (C=O) groups excluding carboxylic acids is 2. The van der Waals surface area contributed by atoms with Crippen LogP contribution in [0.1, 0.15) is 34.5 Å². The highest BCUT2D eigenvalue weighted by atomic mass is 35.5. The summed E-state index contributed by atoms with van der Waals surface area (Å²) in [5.74, 6) is -0.0749. The van der Waals surface area contributed by atoms with Gasteiger partial charge in [-0.3, -0.25) is 14.5 Å². The molecule has 1 saturated heterocycles. The van der Waals surface area contributed by atoms with Crippen LogP contribution in [0.2, 0.25) is 5.02 Å². The van der Waals surface area contributed by atoms with Crippen LogP contribution < -0.4 is 5.32 Å². The maximum Gasteiger partial charge on any atom is 0.253 e. The Morgan fingerprint density at radius 1 is 0.943 bits per heavy atom. The molecule has 1 aromatic heterocycles. The lowest BCUT2D eigenvalue weighted by Gasteiger charge is -2.38. The summed E-state index contributed by atoms with van der Waals surface area (Å²) < 4.78 is 0. The fourth-order valence-corrected chi connectivity index (χ4v) is 5.65. The fraction of sp³-hybridized carbons (Fsp3) is 0.214. The molecule has 1 aliphatic heterocycles. The van der Waals surface area contributed by atoms with E-state index in [1.165, 1.54) is 12.5 Å². The van der Waals surface area contributed by atoms with Gasteiger partial charge in [0.15, 0.2) is 0 Å². The van der Waals surface area contributed by atoms with Crippen LogP contribution in [0.3, 0.4) is 0 Å². The molecule has 6 nitrogen and oxygen atoms in total. The molecule has 2 heterocycles. The van der Waals surface area contributed by atoms with Crippen molar-refractivity contribution in [3.8, 4) is 11.1 Å². The van der Waals surface area contributed by atoms with Gasteiger partial charge in [0.1, 0.15) is 0 Å². The molecule has 2 N–H and O–H groups in total. The van der Waals surface area contributed by atoms with Gasteiger partial charge in [-0.05, 0) is 58.7 Å². The Balaban J connectivity index is 1.26. The average Bonchev–Trinajstić information content (AvgIpc) is 3.45. The number of nitrogens with zero attached hydrogens (tertiary/aromatic N) is 2. The number of nitrogens with one attached hydrogen (secondary N) is 2. The number of piperazine rings is 1. The number of hydrogen-bond donors (Lipinski definition) is 2. The van der Waals surface area contributed by atoms with Crippen LogP contribution in [-0.4, -0.2) is 52.8 Å². The SMILES string of the molecule is CC(=O)Nc1cc2c(cc1Cl)C(N1CCN(C(=O)c3ccc4[nH]ccc4c3)CC1)c1ccccc1-2. The van der Waals surface area contributed by atoms with Crippen molar-refractivity contribution in [2.45, 2.75) is 13.0 Å². The third kappa shape index (κ3) is 3.79. The molecule has 0 spiro atoms. The summed E-state index contributed by atoms with van der Waals surface area (Å²) in [6.07, 6.45) is 1.89. The highest BCUT2D eigenvalue weighted by Crippen LogP contribution is 2.49. The van der Waals surface area contributed by atoms with Crippen LogP contribution in [0.4, 0.5) is 5.69 Å². The van der Waals surface area contributed by atoms with Crippen LogP contribution in [0.25, 0.3) is 22.0 Å². The number of carbonyl (C=O) groups is 2. The number of aromatic amines is 1. The quantitative estimate of drug-likeness (QED) is 0.414. The Labute approximate surface area is 208 Å². The van der Waals surface area contributed by atoms with E-state index in [1.807, 2.05) is 53.6 Å². The van der Waals surface area contributed by atoms with Crippen molar-refractivity contribution in [1.29, 1.82) is 0 Å². The van der Waals surface area contributed by atoms with Gasteiger partial charge in [-0.15, -0.1) is 0 Å². The summed E-state index contributed by atoms with van der Waals surface area (Å²) in [5.41, 5.74) is 7.01. The Bertz CT molecular complexity index is 1470. The first kappa shape index (κ1) is 21.9. The Kier molecular flexibility index (Phi) is 5.35. The zero-order valence-corrected chi connectivity index (χ0v) is 20.1. The molecule has 1 unspecified atom stereocenters. The van der Waals surface area contributed by atoms with Crippen LogP contribution in [0, 0.1) is 0 Å². The normalized spacial score (nSPS) is 17.3. The highest BCUT2D eigenvalue weighted by Gasteiger charge is 2.36.